The molecule has 1 atom stereocenters. The van der Waals surface area contributed by atoms with E-state index >= 15 is 0 Å². The van der Waals surface area contributed by atoms with Crippen LogP contribution in [0.4, 0.5) is 0 Å². The Balaban J connectivity index is 2.08. The van der Waals surface area contributed by atoms with Gasteiger partial charge in [-0.3, -0.25) is 4.98 Å². The quantitative estimate of drug-likeness (QED) is 0.917. The Morgan fingerprint density at radius 2 is 2.00 bits per heavy atom. The van der Waals surface area contributed by atoms with Crippen LogP contribution in [-0.2, 0) is 4.74 Å². The van der Waals surface area contributed by atoms with Crippen molar-refractivity contribution in [2.75, 3.05) is 7.11 Å². The number of nitrogens with zero attached hydrogens (tertiary/aromatic N) is 1. The van der Waals surface area contributed by atoms with Gasteiger partial charge in [-0.15, -0.1) is 0 Å². The number of pyridine rings is 1. The van der Waals surface area contributed by atoms with Crippen LogP contribution in [0.1, 0.15) is 37.3 Å². The standard InChI is InChI=1S/C16H20N2O/c1-19-16(9-2-3-10-16)15(17)13-6-4-8-14-12(13)7-5-11-18-14/h4-8,11,15H,2-3,9-10,17H2,1H3. The van der Waals surface area contributed by atoms with Crippen LogP contribution >= 0.6 is 0 Å². The van der Waals surface area contributed by atoms with Gasteiger partial charge in [-0.05, 0) is 30.5 Å². The van der Waals surface area contributed by atoms with Crippen LogP contribution in [0.3, 0.4) is 0 Å². The molecule has 3 rings (SSSR count). The lowest BCUT2D eigenvalue weighted by Crippen LogP contribution is -2.40. The molecule has 2 N–H and O–H groups in total. The first kappa shape index (κ1) is 12.6. The predicted molar refractivity (Wildman–Crippen MR) is 76.9 cm³/mol. The van der Waals surface area contributed by atoms with Gasteiger partial charge in [0.25, 0.3) is 0 Å². The second kappa shape index (κ2) is 4.91. The van der Waals surface area contributed by atoms with Gasteiger partial charge in [0.1, 0.15) is 0 Å². The molecule has 2 aromatic rings. The summed E-state index contributed by atoms with van der Waals surface area (Å²) >= 11 is 0. The maximum atomic E-state index is 6.56. The SMILES string of the molecule is COC1(C(N)c2cccc3ncccc23)CCCC1. The first-order valence-electron chi connectivity index (χ1n) is 6.91. The molecule has 19 heavy (non-hydrogen) atoms. The summed E-state index contributed by atoms with van der Waals surface area (Å²) in [6, 6.07) is 10.1. The minimum Gasteiger partial charge on any atom is -0.376 e. The van der Waals surface area contributed by atoms with Crippen molar-refractivity contribution in [3.05, 3.63) is 42.1 Å². The number of fused-ring (bicyclic) bond motifs is 1. The van der Waals surface area contributed by atoms with Crippen molar-refractivity contribution >= 4 is 10.9 Å². The third kappa shape index (κ3) is 2.03. The number of hydrogen-bond donors (Lipinski definition) is 1. The van der Waals surface area contributed by atoms with Crippen LogP contribution in [0.15, 0.2) is 36.5 Å². The molecule has 1 fully saturated rings. The summed E-state index contributed by atoms with van der Waals surface area (Å²) in [6.45, 7) is 0. The molecule has 0 aliphatic heterocycles. The summed E-state index contributed by atoms with van der Waals surface area (Å²) in [5.41, 5.74) is 8.50. The lowest BCUT2D eigenvalue weighted by molar-refractivity contribution is -0.0260. The highest BCUT2D eigenvalue weighted by Crippen LogP contribution is 2.42. The maximum absolute atomic E-state index is 6.56. The molecule has 1 unspecified atom stereocenters. The van der Waals surface area contributed by atoms with E-state index in [1.807, 2.05) is 24.4 Å². The Labute approximate surface area is 113 Å². The van der Waals surface area contributed by atoms with Crippen molar-refractivity contribution in [2.24, 2.45) is 5.73 Å². The second-order valence-corrected chi connectivity index (χ2v) is 5.37. The highest BCUT2D eigenvalue weighted by molar-refractivity contribution is 5.82. The lowest BCUT2D eigenvalue weighted by atomic mass is 9.86. The Bertz CT molecular complexity index is 570. The summed E-state index contributed by atoms with van der Waals surface area (Å²) in [6.07, 6.45) is 6.30. The van der Waals surface area contributed by atoms with Crippen molar-refractivity contribution in [3.63, 3.8) is 0 Å². The molecular weight excluding hydrogens is 236 g/mol. The van der Waals surface area contributed by atoms with Crippen LogP contribution in [0.2, 0.25) is 0 Å². The molecular formula is C16H20N2O. The van der Waals surface area contributed by atoms with Crippen LogP contribution in [0, 0.1) is 0 Å². The molecule has 1 aliphatic rings. The van der Waals surface area contributed by atoms with Crippen LogP contribution < -0.4 is 5.73 Å². The fraction of sp³-hybridized carbons (Fsp3) is 0.438. The summed E-state index contributed by atoms with van der Waals surface area (Å²) in [7, 11) is 1.79. The zero-order chi connectivity index (χ0) is 13.3. The number of aromatic nitrogens is 1. The van der Waals surface area contributed by atoms with E-state index in [0.29, 0.717) is 0 Å². The van der Waals surface area contributed by atoms with E-state index in [2.05, 4.69) is 17.1 Å². The van der Waals surface area contributed by atoms with Gasteiger partial charge in [-0.1, -0.05) is 31.0 Å². The Morgan fingerprint density at radius 1 is 1.21 bits per heavy atom. The predicted octanol–water partition coefficient (Wildman–Crippen LogP) is 3.19. The van der Waals surface area contributed by atoms with Crippen molar-refractivity contribution < 1.29 is 4.74 Å². The van der Waals surface area contributed by atoms with Crippen LogP contribution in [-0.4, -0.2) is 17.7 Å². The molecule has 0 saturated heterocycles. The van der Waals surface area contributed by atoms with E-state index < -0.39 is 0 Å². The molecule has 0 radical (unpaired) electrons. The number of ether oxygens (including phenoxy) is 1. The van der Waals surface area contributed by atoms with Gasteiger partial charge < -0.3 is 10.5 Å². The monoisotopic (exact) mass is 256 g/mol. The number of nitrogens with two attached hydrogens (primary N) is 1. The molecule has 0 spiro atoms. The fourth-order valence-corrected chi connectivity index (χ4v) is 3.30. The van der Waals surface area contributed by atoms with E-state index in [4.69, 9.17) is 10.5 Å². The molecule has 1 heterocycles. The molecule has 3 heteroatoms. The highest BCUT2D eigenvalue weighted by atomic mass is 16.5. The maximum Gasteiger partial charge on any atom is 0.0870 e. The van der Waals surface area contributed by atoms with Gasteiger partial charge in [0.05, 0.1) is 17.2 Å². The van der Waals surface area contributed by atoms with E-state index in [1.165, 1.54) is 12.8 Å². The van der Waals surface area contributed by atoms with Gasteiger partial charge in [0, 0.05) is 18.7 Å². The summed E-state index contributed by atoms with van der Waals surface area (Å²) in [4.78, 5) is 4.40. The van der Waals surface area contributed by atoms with Crippen LogP contribution in [0.25, 0.3) is 10.9 Å². The zero-order valence-electron chi connectivity index (χ0n) is 11.3. The third-order valence-electron chi connectivity index (χ3n) is 4.44. The van der Waals surface area contributed by atoms with Crippen molar-refractivity contribution in [1.82, 2.24) is 4.98 Å². The lowest BCUT2D eigenvalue weighted by Gasteiger charge is -2.34. The van der Waals surface area contributed by atoms with Crippen molar-refractivity contribution in [1.29, 1.82) is 0 Å². The summed E-state index contributed by atoms with van der Waals surface area (Å²) in [5.74, 6) is 0. The number of hydrogen-bond acceptors (Lipinski definition) is 3. The first-order valence-corrected chi connectivity index (χ1v) is 6.91. The van der Waals surface area contributed by atoms with E-state index in [9.17, 15) is 0 Å². The van der Waals surface area contributed by atoms with E-state index in [-0.39, 0.29) is 11.6 Å². The van der Waals surface area contributed by atoms with Gasteiger partial charge in [0.2, 0.25) is 0 Å². The Hall–Kier alpha value is -1.45. The minimum atomic E-state index is -0.204. The summed E-state index contributed by atoms with van der Waals surface area (Å²) < 4.78 is 5.82. The first-order chi connectivity index (χ1) is 9.27. The number of rotatable bonds is 3. The van der Waals surface area contributed by atoms with E-state index in [1.54, 1.807) is 7.11 Å². The Morgan fingerprint density at radius 3 is 2.74 bits per heavy atom. The molecule has 3 nitrogen and oxygen atoms in total. The second-order valence-electron chi connectivity index (χ2n) is 5.37. The van der Waals surface area contributed by atoms with Gasteiger partial charge in [0.15, 0.2) is 0 Å². The minimum absolute atomic E-state index is 0.0899. The van der Waals surface area contributed by atoms with Crippen molar-refractivity contribution in [2.45, 2.75) is 37.3 Å². The molecule has 1 aromatic heterocycles. The van der Waals surface area contributed by atoms with Gasteiger partial charge >= 0.3 is 0 Å². The topological polar surface area (TPSA) is 48.1 Å². The molecule has 1 aromatic carbocycles. The van der Waals surface area contributed by atoms with Gasteiger partial charge in [-0.2, -0.15) is 0 Å². The average molecular weight is 256 g/mol. The molecule has 1 saturated carbocycles. The Kier molecular flexibility index (Phi) is 3.25. The largest absolute Gasteiger partial charge is 0.376 e. The molecule has 100 valence electrons. The molecule has 0 bridgehead atoms. The fourth-order valence-electron chi connectivity index (χ4n) is 3.30. The van der Waals surface area contributed by atoms with Crippen LogP contribution in [0.5, 0.6) is 0 Å². The highest BCUT2D eigenvalue weighted by Gasteiger charge is 2.40. The van der Waals surface area contributed by atoms with Crippen molar-refractivity contribution in [3.8, 4) is 0 Å². The molecule has 1 aliphatic carbocycles. The third-order valence-corrected chi connectivity index (χ3v) is 4.44. The number of benzene rings is 1. The molecule has 0 amide bonds. The average Bonchev–Trinajstić information content (AvgIpc) is 2.96. The summed E-state index contributed by atoms with van der Waals surface area (Å²) in [5, 5.41) is 1.14. The smallest absolute Gasteiger partial charge is 0.0870 e. The zero-order valence-corrected chi connectivity index (χ0v) is 11.3. The normalized spacial score (nSPS) is 19.7. The number of methoxy groups -OCH3 is 1. The van der Waals surface area contributed by atoms with Gasteiger partial charge in [-0.25, -0.2) is 0 Å². The van der Waals surface area contributed by atoms with E-state index in [0.717, 1.165) is 29.3 Å².